The molecule has 2 aliphatic carbocycles. The number of rotatable bonds is 4. The van der Waals surface area contributed by atoms with E-state index in [1.165, 1.54) is 11.1 Å². The zero-order valence-corrected chi connectivity index (χ0v) is 15.3. The Labute approximate surface area is 156 Å². The molecule has 7 heteroatoms. The first-order valence-corrected chi connectivity index (χ1v) is 8.54. The van der Waals surface area contributed by atoms with Gasteiger partial charge in [-0.3, -0.25) is 0 Å². The van der Waals surface area contributed by atoms with E-state index in [1.807, 2.05) is 24.5 Å². The number of aromatic amines is 2. The standard InChI is InChI=1S/2C8H7N2.2ClH.Ti/c2*1-2-4-7(3-1)8-5-6-9-10-8;;;/h2*1,3,5-6H,2H2,(H,9,10);2*1H;/q;;;;+2/p-2. The quantitative estimate of drug-likeness (QED) is 0.566. The van der Waals surface area contributed by atoms with E-state index in [0.29, 0.717) is 0 Å². The monoisotopic (exact) mass is 380 g/mol. The van der Waals surface area contributed by atoms with Gasteiger partial charge in [0, 0.05) is 0 Å². The van der Waals surface area contributed by atoms with Crippen molar-refractivity contribution < 1.29 is 44.0 Å². The Hall–Kier alpha value is -1.33. The van der Waals surface area contributed by atoms with Crippen molar-refractivity contribution in [3.05, 3.63) is 68.0 Å². The van der Waals surface area contributed by atoms with E-state index in [-0.39, 0.29) is 44.0 Å². The summed E-state index contributed by atoms with van der Waals surface area (Å²) in [5.41, 5.74) is 4.76. The third-order valence-electron chi connectivity index (χ3n) is 3.72. The molecule has 4 nitrogen and oxygen atoms in total. The Balaban J connectivity index is 0.000000960. The first-order chi connectivity index (χ1) is 10.4. The van der Waals surface area contributed by atoms with Crippen LogP contribution in [0.1, 0.15) is 24.2 Å². The van der Waals surface area contributed by atoms with E-state index in [4.69, 9.17) is 0 Å². The third-order valence-corrected chi connectivity index (χ3v) is 6.14. The van der Waals surface area contributed by atoms with Crippen LogP contribution in [0.25, 0.3) is 11.1 Å². The molecule has 2 aromatic heterocycles. The fraction of sp³-hybridized carbons (Fsp3) is 0.125. The first-order valence-electron chi connectivity index (χ1n) is 6.98. The van der Waals surface area contributed by atoms with Crippen molar-refractivity contribution >= 4 is 11.1 Å². The van der Waals surface area contributed by atoms with E-state index >= 15 is 0 Å². The molecule has 0 atom stereocenters. The number of nitrogens with one attached hydrogen (secondary N) is 2. The maximum atomic E-state index is 4.33. The van der Waals surface area contributed by atoms with Crippen molar-refractivity contribution in [2.75, 3.05) is 0 Å². The van der Waals surface area contributed by atoms with E-state index in [2.05, 4.69) is 44.7 Å². The topological polar surface area (TPSA) is 57.4 Å². The van der Waals surface area contributed by atoms with Crippen LogP contribution in [0.4, 0.5) is 0 Å². The van der Waals surface area contributed by atoms with E-state index in [1.54, 1.807) is 7.76 Å². The van der Waals surface area contributed by atoms with Crippen molar-refractivity contribution in [3.63, 3.8) is 0 Å². The van der Waals surface area contributed by atoms with Crippen LogP contribution in [-0.4, -0.2) is 20.4 Å². The van der Waals surface area contributed by atoms with Crippen LogP contribution in [0.15, 0.2) is 56.6 Å². The van der Waals surface area contributed by atoms with Gasteiger partial charge < -0.3 is 24.8 Å². The van der Waals surface area contributed by atoms with Gasteiger partial charge in [-0.15, -0.1) is 0 Å². The molecule has 2 aliphatic rings. The van der Waals surface area contributed by atoms with E-state index in [9.17, 15) is 0 Å². The molecule has 0 saturated heterocycles. The predicted octanol–water partition coefficient (Wildman–Crippen LogP) is -2.73. The van der Waals surface area contributed by atoms with Gasteiger partial charge in [0.1, 0.15) is 0 Å². The van der Waals surface area contributed by atoms with Gasteiger partial charge >= 0.3 is 132 Å². The van der Waals surface area contributed by atoms with Crippen LogP contribution in [0.5, 0.6) is 0 Å². The Morgan fingerprint density at radius 2 is 1.26 bits per heavy atom. The second kappa shape index (κ2) is 7.98. The number of aromatic nitrogens is 4. The van der Waals surface area contributed by atoms with Crippen molar-refractivity contribution in [1.82, 2.24) is 20.4 Å². The van der Waals surface area contributed by atoms with Crippen LogP contribution >= 0.6 is 0 Å². The van der Waals surface area contributed by atoms with Crippen LogP contribution in [0.3, 0.4) is 0 Å². The third kappa shape index (κ3) is 3.61. The maximum absolute atomic E-state index is 4.33. The van der Waals surface area contributed by atoms with Crippen molar-refractivity contribution in [2.45, 2.75) is 12.8 Å². The summed E-state index contributed by atoms with van der Waals surface area (Å²) < 4.78 is 3.13. The molecule has 23 heavy (non-hydrogen) atoms. The number of allylic oxidation sites excluding steroid dienone is 8. The zero-order chi connectivity index (χ0) is 14.1. The molecule has 0 spiro atoms. The molecule has 0 radical (unpaired) electrons. The van der Waals surface area contributed by atoms with Crippen molar-refractivity contribution in [1.29, 1.82) is 0 Å². The largest absolute Gasteiger partial charge is 1.00 e. The molecular formula is C16H14Cl2N4Ti. The summed E-state index contributed by atoms with van der Waals surface area (Å²) >= 11 is -0.305. The predicted molar refractivity (Wildman–Crippen MR) is 78.5 cm³/mol. The Morgan fingerprint density at radius 3 is 1.65 bits per heavy atom. The van der Waals surface area contributed by atoms with Crippen molar-refractivity contribution in [3.8, 4) is 0 Å². The van der Waals surface area contributed by atoms with Gasteiger partial charge in [0.05, 0.1) is 0 Å². The van der Waals surface area contributed by atoms with E-state index < -0.39 is 0 Å². The van der Waals surface area contributed by atoms with Gasteiger partial charge in [-0.25, -0.2) is 0 Å². The molecule has 0 aliphatic heterocycles. The number of nitrogens with zero attached hydrogens (tertiary/aromatic N) is 2. The summed E-state index contributed by atoms with van der Waals surface area (Å²) in [4.78, 5) is 0. The summed E-state index contributed by atoms with van der Waals surface area (Å²) in [7, 11) is 0. The Bertz CT molecular complexity index is 705. The molecule has 0 saturated carbocycles. The molecular weight excluding hydrogens is 367 g/mol. The fourth-order valence-electron chi connectivity index (χ4n) is 2.73. The SMILES string of the molecule is C1=CC(c2cc[nH]n2)=[C]([Ti+2][C]2=C(c3cc[nH]n3)C=CC2)C1.[Cl-].[Cl-]. The molecule has 4 rings (SSSR count). The summed E-state index contributed by atoms with van der Waals surface area (Å²) in [6.07, 6.45) is 14.8. The maximum Gasteiger partial charge on any atom is -1.00 e. The molecule has 2 N–H and O–H groups in total. The molecule has 0 unspecified atom stereocenters. The van der Waals surface area contributed by atoms with Gasteiger partial charge in [-0.1, -0.05) is 0 Å². The summed E-state index contributed by atoms with van der Waals surface area (Å²) in [6.45, 7) is 0. The Kier molecular flexibility index (Phi) is 6.25. The average molecular weight is 381 g/mol. The molecule has 2 aromatic rings. The number of H-pyrrole nitrogens is 2. The fourth-order valence-corrected chi connectivity index (χ4v) is 5.07. The minimum Gasteiger partial charge on any atom is -1.00 e. The smallest absolute Gasteiger partial charge is 1.00 e. The normalized spacial score (nSPS) is 15.7. The average Bonchev–Trinajstić information content (AvgIpc) is 3.28. The van der Waals surface area contributed by atoms with Gasteiger partial charge in [-0.2, -0.15) is 0 Å². The summed E-state index contributed by atoms with van der Waals surface area (Å²) in [6, 6.07) is 4.10. The molecule has 0 fully saturated rings. The first kappa shape index (κ1) is 18.0. The van der Waals surface area contributed by atoms with E-state index in [0.717, 1.165) is 24.2 Å². The molecule has 0 bridgehead atoms. The van der Waals surface area contributed by atoms with Crippen molar-refractivity contribution in [2.24, 2.45) is 0 Å². The number of hydrogen-bond donors (Lipinski definition) is 2. The Morgan fingerprint density at radius 1 is 0.783 bits per heavy atom. The van der Waals surface area contributed by atoms with Crippen LogP contribution in [0.2, 0.25) is 0 Å². The number of halogens is 2. The van der Waals surface area contributed by atoms with Crippen LogP contribution in [-0.2, 0) is 19.2 Å². The summed E-state index contributed by atoms with van der Waals surface area (Å²) in [5.74, 6) is 0. The molecule has 0 amide bonds. The summed E-state index contributed by atoms with van der Waals surface area (Å²) in [5, 5.41) is 14.5. The minimum absolute atomic E-state index is 0. The minimum atomic E-state index is -0.305. The van der Waals surface area contributed by atoms with Gasteiger partial charge in [0.15, 0.2) is 0 Å². The molecule has 2 heterocycles. The van der Waals surface area contributed by atoms with Gasteiger partial charge in [0.25, 0.3) is 0 Å². The second-order valence-electron chi connectivity index (χ2n) is 5.04. The zero-order valence-electron chi connectivity index (χ0n) is 12.2. The molecule has 0 aromatic carbocycles. The van der Waals surface area contributed by atoms with Crippen LogP contribution < -0.4 is 24.8 Å². The second-order valence-corrected chi connectivity index (χ2v) is 7.32. The number of hydrogen-bond acceptors (Lipinski definition) is 2. The molecule has 116 valence electrons. The van der Waals surface area contributed by atoms with Gasteiger partial charge in [0.2, 0.25) is 0 Å². The van der Waals surface area contributed by atoms with Gasteiger partial charge in [-0.05, 0) is 0 Å². The van der Waals surface area contributed by atoms with Crippen LogP contribution in [0, 0.1) is 0 Å².